The van der Waals surface area contributed by atoms with Gasteiger partial charge in [0.05, 0.1) is 10.9 Å². The number of carbonyl (C=O) groups excluding carboxylic acids is 3. The summed E-state index contributed by atoms with van der Waals surface area (Å²) in [6.45, 7) is 0. The molecular formula is C19H10O7. The molecule has 7 nitrogen and oxygen atoms in total. The average molecular weight is 350 g/mol. The van der Waals surface area contributed by atoms with Gasteiger partial charge < -0.3 is 9.52 Å². The Labute approximate surface area is 145 Å². The molecule has 1 N–H and O–H groups in total. The van der Waals surface area contributed by atoms with Crippen molar-refractivity contribution in [3.05, 3.63) is 68.9 Å². The van der Waals surface area contributed by atoms with Crippen molar-refractivity contribution >= 4 is 35.8 Å². The normalized spacial score (nSPS) is 10.5. The Morgan fingerprint density at radius 2 is 1.62 bits per heavy atom. The Hall–Kier alpha value is -3.87. The van der Waals surface area contributed by atoms with Crippen LogP contribution in [0.25, 0.3) is 22.3 Å². The largest absolute Gasteiger partial charge is 0.478 e. The monoisotopic (exact) mass is 350 g/mol. The lowest BCUT2D eigenvalue weighted by atomic mass is 9.93. The summed E-state index contributed by atoms with van der Waals surface area (Å²) in [5.74, 6) is -1.78. The van der Waals surface area contributed by atoms with Gasteiger partial charge in [0.1, 0.15) is 16.9 Å². The molecule has 26 heavy (non-hydrogen) atoms. The van der Waals surface area contributed by atoms with Crippen molar-refractivity contribution < 1.29 is 28.7 Å². The van der Waals surface area contributed by atoms with Crippen LogP contribution in [0, 0.1) is 0 Å². The van der Waals surface area contributed by atoms with Gasteiger partial charge in [-0.15, -0.1) is 0 Å². The van der Waals surface area contributed by atoms with Crippen LogP contribution in [0.1, 0.15) is 41.4 Å². The molecule has 0 saturated heterocycles. The third-order valence-electron chi connectivity index (χ3n) is 3.93. The van der Waals surface area contributed by atoms with Crippen LogP contribution in [0.3, 0.4) is 0 Å². The van der Waals surface area contributed by atoms with Crippen molar-refractivity contribution in [1.29, 1.82) is 0 Å². The lowest BCUT2D eigenvalue weighted by Gasteiger charge is -2.12. The van der Waals surface area contributed by atoms with Gasteiger partial charge in [-0.2, -0.15) is 0 Å². The van der Waals surface area contributed by atoms with Crippen LogP contribution < -0.4 is 5.43 Å². The van der Waals surface area contributed by atoms with E-state index in [0.29, 0.717) is 6.29 Å². The molecule has 3 aromatic rings. The predicted octanol–water partition coefficient (Wildman–Crippen LogP) is 2.60. The molecule has 0 aliphatic rings. The van der Waals surface area contributed by atoms with E-state index in [0.717, 1.165) is 0 Å². The zero-order valence-electron chi connectivity index (χ0n) is 13.1. The summed E-state index contributed by atoms with van der Waals surface area (Å²) in [7, 11) is 0. The Bertz CT molecular complexity index is 1140. The molecule has 0 aliphatic heterocycles. The number of aldehydes is 3. The maximum absolute atomic E-state index is 12.5. The molecule has 0 unspecified atom stereocenters. The van der Waals surface area contributed by atoms with Gasteiger partial charge in [-0.3, -0.25) is 19.2 Å². The first kappa shape index (κ1) is 17.0. The maximum Gasteiger partial charge on any atom is 0.337 e. The highest BCUT2D eigenvalue weighted by Crippen LogP contribution is 2.31. The summed E-state index contributed by atoms with van der Waals surface area (Å²) in [6.07, 6.45) is 0.848. The zero-order valence-corrected chi connectivity index (χ0v) is 13.1. The number of rotatable bonds is 5. The fraction of sp³-hybridized carbons (Fsp3) is 0. The summed E-state index contributed by atoms with van der Waals surface area (Å²) < 4.78 is 5.62. The third kappa shape index (κ3) is 2.51. The van der Waals surface area contributed by atoms with Crippen molar-refractivity contribution in [2.75, 3.05) is 0 Å². The molecule has 0 atom stereocenters. The number of aromatic carboxylic acids is 1. The van der Waals surface area contributed by atoms with E-state index in [-0.39, 0.29) is 51.6 Å². The van der Waals surface area contributed by atoms with Crippen LogP contribution in [0.2, 0.25) is 0 Å². The van der Waals surface area contributed by atoms with E-state index < -0.39 is 17.0 Å². The van der Waals surface area contributed by atoms with E-state index in [1.165, 1.54) is 24.3 Å². The summed E-state index contributed by atoms with van der Waals surface area (Å²) in [6, 6.07) is 8.63. The molecule has 0 fully saturated rings. The predicted molar refractivity (Wildman–Crippen MR) is 91.0 cm³/mol. The second-order valence-corrected chi connectivity index (χ2v) is 5.32. The van der Waals surface area contributed by atoms with Crippen molar-refractivity contribution in [3.63, 3.8) is 0 Å². The molecule has 0 bridgehead atoms. The molecule has 0 saturated carbocycles. The fourth-order valence-corrected chi connectivity index (χ4v) is 2.75. The van der Waals surface area contributed by atoms with Crippen LogP contribution in [0.5, 0.6) is 0 Å². The van der Waals surface area contributed by atoms with E-state index in [2.05, 4.69) is 0 Å². The molecular weight excluding hydrogens is 340 g/mol. The van der Waals surface area contributed by atoms with Crippen molar-refractivity contribution in [3.8, 4) is 11.3 Å². The second-order valence-electron chi connectivity index (χ2n) is 5.32. The molecule has 3 rings (SSSR count). The molecule has 0 radical (unpaired) electrons. The Morgan fingerprint density at radius 1 is 0.923 bits per heavy atom. The lowest BCUT2D eigenvalue weighted by molar-refractivity contribution is 0.0694. The number of carbonyl (C=O) groups is 4. The van der Waals surface area contributed by atoms with Gasteiger partial charge in [0.15, 0.2) is 18.9 Å². The number of para-hydroxylation sites is 1. The molecule has 0 amide bonds. The van der Waals surface area contributed by atoms with Crippen LogP contribution in [0.15, 0.2) is 45.6 Å². The summed E-state index contributed by atoms with van der Waals surface area (Å²) in [4.78, 5) is 58.2. The summed E-state index contributed by atoms with van der Waals surface area (Å²) in [5.41, 5.74) is -2.00. The molecule has 1 aromatic heterocycles. The summed E-state index contributed by atoms with van der Waals surface area (Å²) in [5, 5.41) is 9.68. The number of carboxylic acids is 1. The molecule has 128 valence electrons. The molecule has 7 heteroatoms. The number of hydrogen-bond acceptors (Lipinski definition) is 6. The minimum atomic E-state index is -1.50. The van der Waals surface area contributed by atoms with Gasteiger partial charge in [0, 0.05) is 16.7 Å². The van der Waals surface area contributed by atoms with Crippen molar-refractivity contribution in [2.24, 2.45) is 0 Å². The van der Waals surface area contributed by atoms with E-state index in [1.54, 1.807) is 12.1 Å². The van der Waals surface area contributed by atoms with Crippen LogP contribution >= 0.6 is 0 Å². The topological polar surface area (TPSA) is 119 Å². The average Bonchev–Trinajstić information content (AvgIpc) is 2.66. The van der Waals surface area contributed by atoms with Crippen LogP contribution in [-0.4, -0.2) is 29.9 Å². The van der Waals surface area contributed by atoms with Crippen LogP contribution in [0.4, 0.5) is 0 Å². The number of benzene rings is 2. The van der Waals surface area contributed by atoms with Crippen molar-refractivity contribution in [1.82, 2.24) is 0 Å². The standard InChI is InChI=1S/C19H10O7/c20-7-10-5-6-12(16(19(24)25)13(10)8-21)18-14(9-22)17(23)11-3-1-2-4-15(11)26-18/h1-9H,(H,24,25). The van der Waals surface area contributed by atoms with Gasteiger partial charge in [0.2, 0.25) is 5.43 Å². The third-order valence-corrected chi connectivity index (χ3v) is 3.93. The first-order chi connectivity index (χ1) is 12.5. The van der Waals surface area contributed by atoms with Gasteiger partial charge in [0.25, 0.3) is 0 Å². The highest BCUT2D eigenvalue weighted by atomic mass is 16.4. The minimum absolute atomic E-state index is 0.128. The van der Waals surface area contributed by atoms with Gasteiger partial charge in [-0.05, 0) is 18.2 Å². The van der Waals surface area contributed by atoms with Gasteiger partial charge in [-0.25, -0.2) is 4.79 Å². The minimum Gasteiger partial charge on any atom is -0.478 e. The molecule has 0 spiro atoms. The molecule has 2 aromatic carbocycles. The first-order valence-corrected chi connectivity index (χ1v) is 7.35. The van der Waals surface area contributed by atoms with Crippen molar-refractivity contribution in [2.45, 2.75) is 0 Å². The van der Waals surface area contributed by atoms with E-state index in [4.69, 9.17) is 4.42 Å². The number of hydrogen-bond donors (Lipinski definition) is 1. The number of fused-ring (bicyclic) bond motifs is 1. The highest BCUT2D eigenvalue weighted by molar-refractivity contribution is 6.08. The Kier molecular flexibility index (Phi) is 4.28. The second kappa shape index (κ2) is 6.56. The number of carboxylic acid groups (broad SMARTS) is 1. The maximum atomic E-state index is 12.5. The van der Waals surface area contributed by atoms with E-state index in [1.807, 2.05) is 0 Å². The van der Waals surface area contributed by atoms with Gasteiger partial charge >= 0.3 is 5.97 Å². The Balaban J connectivity index is 2.50. The van der Waals surface area contributed by atoms with E-state index in [9.17, 15) is 29.1 Å². The Morgan fingerprint density at radius 3 is 2.23 bits per heavy atom. The van der Waals surface area contributed by atoms with E-state index >= 15 is 0 Å². The van der Waals surface area contributed by atoms with Crippen LogP contribution in [-0.2, 0) is 0 Å². The van der Waals surface area contributed by atoms with Gasteiger partial charge in [-0.1, -0.05) is 18.2 Å². The highest BCUT2D eigenvalue weighted by Gasteiger charge is 2.24. The fourth-order valence-electron chi connectivity index (χ4n) is 2.75. The quantitative estimate of drug-likeness (QED) is 0.702. The lowest BCUT2D eigenvalue weighted by Crippen LogP contribution is -2.13. The molecule has 1 heterocycles. The molecule has 0 aliphatic carbocycles. The smallest absolute Gasteiger partial charge is 0.337 e. The first-order valence-electron chi connectivity index (χ1n) is 7.35. The zero-order chi connectivity index (χ0) is 18.8. The summed E-state index contributed by atoms with van der Waals surface area (Å²) >= 11 is 0. The SMILES string of the molecule is O=Cc1ccc(-c2oc3ccccc3c(=O)c2C=O)c(C(=O)O)c1C=O.